The molecule has 2 aromatic carbocycles. The van der Waals surface area contributed by atoms with Gasteiger partial charge >= 0.3 is 0 Å². The van der Waals surface area contributed by atoms with Gasteiger partial charge in [-0.3, -0.25) is 4.90 Å². The maximum atomic E-state index is 10.3. The summed E-state index contributed by atoms with van der Waals surface area (Å²) in [5, 5.41) is 11.1. The van der Waals surface area contributed by atoms with E-state index in [0.717, 1.165) is 36.9 Å². The number of para-hydroxylation sites is 2. The predicted molar refractivity (Wildman–Crippen MR) is 105 cm³/mol. The van der Waals surface area contributed by atoms with Gasteiger partial charge in [0.1, 0.15) is 12.7 Å². The van der Waals surface area contributed by atoms with Gasteiger partial charge in [-0.2, -0.15) is 0 Å². The van der Waals surface area contributed by atoms with Crippen LogP contribution in [0.15, 0.2) is 48.5 Å². The molecule has 1 atom stereocenters. The molecule has 0 bridgehead atoms. The largest absolute Gasteiger partial charge is 0.493 e. The van der Waals surface area contributed by atoms with E-state index >= 15 is 0 Å². The number of nitrogens with zero attached hydrogens (tertiary/aromatic N) is 2. The van der Waals surface area contributed by atoms with E-state index in [1.807, 2.05) is 42.5 Å². The van der Waals surface area contributed by atoms with Crippen molar-refractivity contribution in [1.82, 2.24) is 4.90 Å². The third-order valence-corrected chi connectivity index (χ3v) is 4.75. The van der Waals surface area contributed by atoms with Crippen LogP contribution in [0.4, 0.5) is 5.69 Å². The van der Waals surface area contributed by atoms with Gasteiger partial charge in [-0.1, -0.05) is 29.8 Å². The number of hydrogen-bond acceptors (Lipinski definition) is 5. The second-order valence-electron chi connectivity index (χ2n) is 6.38. The second kappa shape index (κ2) is 9.12. The van der Waals surface area contributed by atoms with Crippen molar-refractivity contribution < 1.29 is 14.6 Å². The third-order valence-electron chi connectivity index (χ3n) is 4.51. The summed E-state index contributed by atoms with van der Waals surface area (Å²) in [6.45, 7) is 4.48. The minimum Gasteiger partial charge on any atom is -0.493 e. The van der Waals surface area contributed by atoms with Crippen molar-refractivity contribution in [2.45, 2.75) is 6.10 Å². The summed E-state index contributed by atoms with van der Waals surface area (Å²) >= 11 is 6.08. The lowest BCUT2D eigenvalue weighted by atomic mass is 10.2. The number of rotatable bonds is 7. The number of aliphatic hydroxyl groups excluding tert-OH is 1. The highest BCUT2D eigenvalue weighted by Crippen LogP contribution is 2.26. The zero-order valence-electron chi connectivity index (χ0n) is 15.0. The number of piperazine rings is 1. The summed E-state index contributed by atoms with van der Waals surface area (Å²) in [6.07, 6.45) is -0.544. The molecule has 1 aliphatic rings. The fourth-order valence-electron chi connectivity index (χ4n) is 3.14. The molecule has 0 unspecified atom stereocenters. The molecule has 0 aromatic heterocycles. The number of benzene rings is 2. The Morgan fingerprint density at radius 3 is 2.46 bits per heavy atom. The van der Waals surface area contributed by atoms with Crippen LogP contribution in [0, 0.1) is 0 Å². The molecule has 0 saturated carbocycles. The highest BCUT2D eigenvalue weighted by molar-refractivity contribution is 6.30. The number of β-amino-alcohol motifs (C(OH)–C–C–N with tert-alkyl or cyclic N) is 1. The highest BCUT2D eigenvalue weighted by atomic mass is 35.5. The first-order chi connectivity index (χ1) is 12.7. The van der Waals surface area contributed by atoms with Gasteiger partial charge < -0.3 is 19.5 Å². The fourth-order valence-corrected chi connectivity index (χ4v) is 3.32. The Morgan fingerprint density at radius 1 is 1.04 bits per heavy atom. The van der Waals surface area contributed by atoms with Gasteiger partial charge in [0.2, 0.25) is 0 Å². The van der Waals surface area contributed by atoms with Crippen LogP contribution >= 0.6 is 11.6 Å². The van der Waals surface area contributed by atoms with E-state index in [-0.39, 0.29) is 6.61 Å². The minimum atomic E-state index is -0.544. The molecule has 0 radical (unpaired) electrons. The monoisotopic (exact) mass is 376 g/mol. The Bertz CT molecular complexity index is 705. The Morgan fingerprint density at radius 2 is 1.77 bits per heavy atom. The summed E-state index contributed by atoms with van der Waals surface area (Å²) in [7, 11) is 1.61. The molecular formula is C20H25ClN2O3. The van der Waals surface area contributed by atoms with Gasteiger partial charge in [-0.25, -0.2) is 0 Å². The van der Waals surface area contributed by atoms with E-state index in [1.165, 1.54) is 0 Å². The molecule has 26 heavy (non-hydrogen) atoms. The number of methoxy groups -OCH3 is 1. The molecule has 1 heterocycles. The highest BCUT2D eigenvalue weighted by Gasteiger charge is 2.20. The van der Waals surface area contributed by atoms with E-state index < -0.39 is 6.10 Å². The van der Waals surface area contributed by atoms with E-state index in [2.05, 4.69) is 15.9 Å². The van der Waals surface area contributed by atoms with Gasteiger partial charge in [-0.15, -0.1) is 0 Å². The molecule has 0 amide bonds. The van der Waals surface area contributed by atoms with E-state index in [0.29, 0.717) is 18.0 Å². The molecule has 6 heteroatoms. The summed E-state index contributed by atoms with van der Waals surface area (Å²) in [6, 6.07) is 15.4. The molecule has 140 valence electrons. The smallest absolute Gasteiger partial charge is 0.161 e. The van der Waals surface area contributed by atoms with Crippen molar-refractivity contribution in [3.8, 4) is 11.5 Å². The van der Waals surface area contributed by atoms with Gasteiger partial charge in [0, 0.05) is 43.4 Å². The van der Waals surface area contributed by atoms with Crippen LogP contribution in [0.5, 0.6) is 11.5 Å². The molecule has 1 saturated heterocycles. The van der Waals surface area contributed by atoms with Crippen LogP contribution in [-0.4, -0.2) is 62.6 Å². The SMILES string of the molecule is COc1ccccc1OC[C@@H](O)CN1CCN(c2cccc(Cl)c2)CC1. The molecule has 0 aliphatic carbocycles. The molecular weight excluding hydrogens is 352 g/mol. The van der Waals surface area contributed by atoms with Gasteiger partial charge in [-0.05, 0) is 30.3 Å². The van der Waals surface area contributed by atoms with Crippen molar-refractivity contribution in [3.63, 3.8) is 0 Å². The van der Waals surface area contributed by atoms with E-state index in [9.17, 15) is 5.11 Å². The average Bonchev–Trinajstić information content (AvgIpc) is 2.67. The van der Waals surface area contributed by atoms with Crippen molar-refractivity contribution >= 4 is 17.3 Å². The fraction of sp³-hybridized carbons (Fsp3) is 0.400. The van der Waals surface area contributed by atoms with Crippen LogP contribution < -0.4 is 14.4 Å². The first-order valence-corrected chi connectivity index (χ1v) is 9.20. The molecule has 3 rings (SSSR count). The van der Waals surface area contributed by atoms with Crippen LogP contribution in [-0.2, 0) is 0 Å². The van der Waals surface area contributed by atoms with Gasteiger partial charge in [0.15, 0.2) is 11.5 Å². The summed E-state index contributed by atoms with van der Waals surface area (Å²) < 4.78 is 11.0. The summed E-state index contributed by atoms with van der Waals surface area (Å²) in [5.41, 5.74) is 1.15. The van der Waals surface area contributed by atoms with Crippen LogP contribution in [0.25, 0.3) is 0 Å². The zero-order chi connectivity index (χ0) is 18.4. The molecule has 5 nitrogen and oxygen atoms in total. The van der Waals surface area contributed by atoms with E-state index in [1.54, 1.807) is 7.11 Å². The molecule has 1 N–H and O–H groups in total. The molecule has 1 fully saturated rings. The third kappa shape index (κ3) is 5.04. The number of halogens is 1. The standard InChI is InChI=1S/C20H25ClN2O3/c1-25-19-7-2-3-8-20(19)26-15-18(24)14-22-9-11-23(12-10-22)17-6-4-5-16(21)13-17/h2-8,13,18,24H,9-12,14-15H2,1H3/t18-/m0/s1. The Labute approximate surface area is 159 Å². The minimum absolute atomic E-state index is 0.245. The molecule has 0 spiro atoms. The normalized spacial score (nSPS) is 16.3. The van der Waals surface area contributed by atoms with Crippen molar-refractivity contribution in [2.24, 2.45) is 0 Å². The Balaban J connectivity index is 1.44. The van der Waals surface area contributed by atoms with Crippen molar-refractivity contribution in [2.75, 3.05) is 51.3 Å². The van der Waals surface area contributed by atoms with E-state index in [4.69, 9.17) is 21.1 Å². The first-order valence-electron chi connectivity index (χ1n) is 8.82. The Kier molecular flexibility index (Phi) is 6.61. The summed E-state index contributed by atoms with van der Waals surface area (Å²) in [4.78, 5) is 4.58. The zero-order valence-corrected chi connectivity index (χ0v) is 15.7. The maximum absolute atomic E-state index is 10.3. The second-order valence-corrected chi connectivity index (χ2v) is 6.82. The quantitative estimate of drug-likeness (QED) is 0.805. The average molecular weight is 377 g/mol. The molecule has 2 aromatic rings. The lowest BCUT2D eigenvalue weighted by Gasteiger charge is -2.36. The lowest BCUT2D eigenvalue weighted by Crippen LogP contribution is -2.49. The number of ether oxygens (including phenoxy) is 2. The van der Waals surface area contributed by atoms with Crippen LogP contribution in [0.3, 0.4) is 0 Å². The van der Waals surface area contributed by atoms with Crippen molar-refractivity contribution in [1.29, 1.82) is 0 Å². The Hall–Kier alpha value is -1.95. The van der Waals surface area contributed by atoms with Crippen molar-refractivity contribution in [3.05, 3.63) is 53.6 Å². The molecule has 1 aliphatic heterocycles. The lowest BCUT2D eigenvalue weighted by molar-refractivity contribution is 0.0653. The maximum Gasteiger partial charge on any atom is 0.161 e. The number of aliphatic hydroxyl groups is 1. The number of anilines is 1. The first kappa shape index (κ1) is 18.8. The van der Waals surface area contributed by atoms with Crippen LogP contribution in [0.1, 0.15) is 0 Å². The van der Waals surface area contributed by atoms with Crippen LogP contribution in [0.2, 0.25) is 5.02 Å². The topological polar surface area (TPSA) is 45.2 Å². The number of hydrogen-bond donors (Lipinski definition) is 1. The van der Waals surface area contributed by atoms with Gasteiger partial charge in [0.05, 0.1) is 7.11 Å². The summed E-state index contributed by atoms with van der Waals surface area (Å²) in [5.74, 6) is 1.33. The van der Waals surface area contributed by atoms with Gasteiger partial charge in [0.25, 0.3) is 0 Å². The predicted octanol–water partition coefficient (Wildman–Crippen LogP) is 2.91.